The van der Waals surface area contributed by atoms with E-state index in [2.05, 4.69) is 31.3 Å². The van der Waals surface area contributed by atoms with Gasteiger partial charge < -0.3 is 0 Å². The molecule has 2 heteroatoms. The molecule has 0 bridgehead atoms. The molecule has 0 aliphatic heterocycles. The van der Waals surface area contributed by atoms with Gasteiger partial charge in [0, 0.05) is 0 Å². The van der Waals surface area contributed by atoms with Crippen molar-refractivity contribution in [1.29, 1.82) is 0 Å². The lowest BCUT2D eigenvalue weighted by Crippen LogP contribution is -2.06. The fraction of sp³-hybridized carbons (Fsp3) is 1.00. The quantitative estimate of drug-likeness (QED) is 0.660. The molecule has 0 radical (unpaired) electrons. The maximum absolute atomic E-state index is 4.37. The van der Waals surface area contributed by atoms with Crippen LogP contribution in [0.25, 0.3) is 0 Å². The third-order valence-electron chi connectivity index (χ3n) is 3.02. The molecule has 0 heterocycles. The molecular formula is C11H22S2. The standard InChI is InChI=1S/C11H22S2/c1-2-10(7-12)8-13-9-11-5-3-4-6-11/h10-12H,2-9H2,1H3. The second-order valence-electron chi connectivity index (χ2n) is 4.14. The predicted molar refractivity (Wildman–Crippen MR) is 66.9 cm³/mol. The minimum absolute atomic E-state index is 0.842. The summed E-state index contributed by atoms with van der Waals surface area (Å²) in [4.78, 5) is 0. The lowest BCUT2D eigenvalue weighted by molar-refractivity contribution is 0.616. The van der Waals surface area contributed by atoms with E-state index in [0.29, 0.717) is 0 Å². The zero-order chi connectivity index (χ0) is 9.52. The number of rotatable bonds is 6. The van der Waals surface area contributed by atoms with Crippen LogP contribution in [0.15, 0.2) is 0 Å². The van der Waals surface area contributed by atoms with Gasteiger partial charge in [0.25, 0.3) is 0 Å². The first kappa shape index (κ1) is 11.8. The van der Waals surface area contributed by atoms with E-state index in [1.807, 2.05) is 0 Å². The normalized spacial score (nSPS) is 20.8. The van der Waals surface area contributed by atoms with Crippen LogP contribution in [0.3, 0.4) is 0 Å². The van der Waals surface area contributed by atoms with Gasteiger partial charge in [-0.3, -0.25) is 0 Å². The molecule has 1 rings (SSSR count). The van der Waals surface area contributed by atoms with E-state index in [1.54, 1.807) is 0 Å². The maximum Gasteiger partial charge on any atom is -0.00313 e. The summed E-state index contributed by atoms with van der Waals surface area (Å²) in [7, 11) is 0. The number of hydrogen-bond acceptors (Lipinski definition) is 2. The Balaban J connectivity index is 1.98. The van der Waals surface area contributed by atoms with Crippen molar-refractivity contribution < 1.29 is 0 Å². The highest BCUT2D eigenvalue weighted by molar-refractivity contribution is 7.99. The molecule has 1 fully saturated rings. The molecule has 0 spiro atoms. The van der Waals surface area contributed by atoms with E-state index in [0.717, 1.165) is 17.6 Å². The minimum atomic E-state index is 0.842. The van der Waals surface area contributed by atoms with Crippen molar-refractivity contribution in [2.45, 2.75) is 39.0 Å². The summed E-state index contributed by atoms with van der Waals surface area (Å²) in [5, 5.41) is 0. The van der Waals surface area contributed by atoms with E-state index in [-0.39, 0.29) is 0 Å². The molecule has 0 aromatic carbocycles. The second-order valence-corrected chi connectivity index (χ2v) is 5.58. The number of thiol groups is 1. The topological polar surface area (TPSA) is 0 Å². The molecule has 1 aliphatic carbocycles. The Bertz CT molecular complexity index is 113. The van der Waals surface area contributed by atoms with Gasteiger partial charge in [-0.25, -0.2) is 0 Å². The molecule has 1 saturated carbocycles. The summed E-state index contributed by atoms with van der Waals surface area (Å²) < 4.78 is 0. The van der Waals surface area contributed by atoms with Crippen LogP contribution in [-0.2, 0) is 0 Å². The monoisotopic (exact) mass is 218 g/mol. The molecule has 0 saturated heterocycles. The predicted octanol–water partition coefficient (Wildman–Crippen LogP) is 3.87. The molecule has 0 aromatic rings. The van der Waals surface area contributed by atoms with Gasteiger partial charge in [-0.15, -0.1) is 0 Å². The van der Waals surface area contributed by atoms with Gasteiger partial charge in [-0.05, 0) is 41.9 Å². The Kier molecular flexibility index (Phi) is 6.39. The Labute approximate surface area is 92.7 Å². The smallest absolute Gasteiger partial charge is 0.00313 e. The van der Waals surface area contributed by atoms with E-state index < -0.39 is 0 Å². The summed E-state index contributed by atoms with van der Waals surface area (Å²) in [5.41, 5.74) is 0. The Morgan fingerprint density at radius 3 is 2.62 bits per heavy atom. The van der Waals surface area contributed by atoms with Crippen molar-refractivity contribution in [3.63, 3.8) is 0 Å². The SMILES string of the molecule is CCC(CS)CSCC1CCCC1. The third-order valence-corrected chi connectivity index (χ3v) is 4.95. The average molecular weight is 218 g/mol. The van der Waals surface area contributed by atoms with Gasteiger partial charge in [0.1, 0.15) is 0 Å². The van der Waals surface area contributed by atoms with Crippen LogP contribution in [-0.4, -0.2) is 17.3 Å². The molecule has 0 amide bonds. The van der Waals surface area contributed by atoms with E-state index in [9.17, 15) is 0 Å². The third kappa shape index (κ3) is 4.64. The van der Waals surface area contributed by atoms with Crippen molar-refractivity contribution in [2.75, 3.05) is 17.3 Å². The fourth-order valence-electron chi connectivity index (χ4n) is 1.88. The summed E-state index contributed by atoms with van der Waals surface area (Å²) in [6.45, 7) is 2.27. The van der Waals surface area contributed by atoms with Crippen LogP contribution in [0.1, 0.15) is 39.0 Å². The molecule has 1 aliphatic rings. The molecule has 0 aromatic heterocycles. The van der Waals surface area contributed by atoms with Crippen molar-refractivity contribution in [3.05, 3.63) is 0 Å². The summed E-state index contributed by atoms with van der Waals surface area (Å²) in [5.74, 6) is 5.69. The van der Waals surface area contributed by atoms with Crippen molar-refractivity contribution in [1.82, 2.24) is 0 Å². The average Bonchev–Trinajstić information content (AvgIpc) is 2.65. The van der Waals surface area contributed by atoms with Gasteiger partial charge in [-0.1, -0.05) is 26.2 Å². The van der Waals surface area contributed by atoms with Gasteiger partial charge in [-0.2, -0.15) is 24.4 Å². The first-order valence-corrected chi connectivity index (χ1v) is 7.34. The highest BCUT2D eigenvalue weighted by atomic mass is 32.2. The molecule has 0 nitrogen and oxygen atoms in total. The Morgan fingerprint density at radius 1 is 1.38 bits per heavy atom. The van der Waals surface area contributed by atoms with Crippen LogP contribution in [0, 0.1) is 11.8 Å². The van der Waals surface area contributed by atoms with Gasteiger partial charge in [0.2, 0.25) is 0 Å². The largest absolute Gasteiger partial charge is 0.179 e. The summed E-state index contributed by atoms with van der Waals surface area (Å²) >= 11 is 6.52. The maximum atomic E-state index is 4.37. The Hall–Kier alpha value is 0.700. The lowest BCUT2D eigenvalue weighted by atomic mass is 10.1. The minimum Gasteiger partial charge on any atom is -0.179 e. The first-order chi connectivity index (χ1) is 6.36. The van der Waals surface area contributed by atoms with Gasteiger partial charge in [0.15, 0.2) is 0 Å². The van der Waals surface area contributed by atoms with Crippen LogP contribution in [0.4, 0.5) is 0 Å². The van der Waals surface area contributed by atoms with Crippen molar-refractivity contribution in [3.8, 4) is 0 Å². The second kappa shape index (κ2) is 7.05. The van der Waals surface area contributed by atoms with Crippen LogP contribution in [0.5, 0.6) is 0 Å². The molecule has 1 unspecified atom stereocenters. The summed E-state index contributed by atoms with van der Waals surface area (Å²) in [6.07, 6.45) is 7.24. The molecular weight excluding hydrogens is 196 g/mol. The number of hydrogen-bond donors (Lipinski definition) is 1. The van der Waals surface area contributed by atoms with E-state index in [4.69, 9.17) is 0 Å². The van der Waals surface area contributed by atoms with E-state index in [1.165, 1.54) is 43.6 Å². The van der Waals surface area contributed by atoms with Crippen molar-refractivity contribution in [2.24, 2.45) is 11.8 Å². The van der Waals surface area contributed by atoms with Crippen LogP contribution in [0.2, 0.25) is 0 Å². The zero-order valence-corrected chi connectivity index (χ0v) is 10.4. The van der Waals surface area contributed by atoms with Crippen LogP contribution < -0.4 is 0 Å². The molecule has 13 heavy (non-hydrogen) atoms. The van der Waals surface area contributed by atoms with Crippen molar-refractivity contribution >= 4 is 24.4 Å². The Morgan fingerprint density at radius 2 is 2.08 bits per heavy atom. The highest BCUT2D eigenvalue weighted by Gasteiger charge is 2.15. The van der Waals surface area contributed by atoms with Crippen LogP contribution >= 0.6 is 24.4 Å². The summed E-state index contributed by atoms with van der Waals surface area (Å²) in [6, 6.07) is 0. The highest BCUT2D eigenvalue weighted by Crippen LogP contribution is 2.28. The first-order valence-electron chi connectivity index (χ1n) is 5.55. The van der Waals surface area contributed by atoms with Gasteiger partial charge in [0.05, 0.1) is 0 Å². The fourth-order valence-corrected chi connectivity index (χ4v) is 3.93. The van der Waals surface area contributed by atoms with E-state index >= 15 is 0 Å². The zero-order valence-electron chi connectivity index (χ0n) is 8.67. The molecule has 78 valence electrons. The number of thioether (sulfide) groups is 1. The molecule has 0 N–H and O–H groups in total. The van der Waals surface area contributed by atoms with Gasteiger partial charge >= 0.3 is 0 Å². The molecule has 1 atom stereocenters. The lowest BCUT2D eigenvalue weighted by Gasteiger charge is -2.13.